The number of thiocarbonyl (C=S) groups is 1. The zero-order valence-corrected chi connectivity index (χ0v) is 16.1. The highest BCUT2D eigenvalue weighted by atomic mass is 32.2. The number of methoxy groups -OCH3 is 1. The van der Waals surface area contributed by atoms with E-state index in [0.717, 1.165) is 11.8 Å². The van der Waals surface area contributed by atoms with Crippen molar-refractivity contribution in [3.05, 3.63) is 70.9 Å². The predicted molar refractivity (Wildman–Crippen MR) is 111 cm³/mol. The second kappa shape index (κ2) is 7.94. The Hall–Kier alpha value is -2.64. The van der Waals surface area contributed by atoms with Crippen molar-refractivity contribution in [1.29, 1.82) is 0 Å². The summed E-state index contributed by atoms with van der Waals surface area (Å²) in [7, 11) is 1.46. The van der Waals surface area contributed by atoms with Gasteiger partial charge in [-0.2, -0.15) is 0 Å². The number of ether oxygens (including phenoxy) is 1. The van der Waals surface area contributed by atoms with Crippen LogP contribution in [-0.4, -0.2) is 22.4 Å². The minimum absolute atomic E-state index is 0.0434. The Kier molecular flexibility index (Phi) is 5.62. The van der Waals surface area contributed by atoms with Crippen LogP contribution >= 0.6 is 24.0 Å². The lowest BCUT2D eigenvalue weighted by molar-refractivity contribution is -0.113. The van der Waals surface area contributed by atoms with Crippen LogP contribution in [0.3, 0.4) is 0 Å². The molecule has 1 aliphatic heterocycles. The molecule has 2 aromatic carbocycles. The lowest BCUT2D eigenvalue weighted by atomic mass is 10.1. The third-order valence-corrected chi connectivity index (χ3v) is 5.22. The topological polar surface area (TPSA) is 49.8 Å². The van der Waals surface area contributed by atoms with Gasteiger partial charge in [-0.15, -0.1) is 6.58 Å². The van der Waals surface area contributed by atoms with Crippen LogP contribution in [0.5, 0.6) is 11.5 Å². The van der Waals surface area contributed by atoms with Gasteiger partial charge in [-0.3, -0.25) is 9.69 Å². The molecule has 0 unspecified atom stereocenters. The number of rotatable bonds is 5. The van der Waals surface area contributed by atoms with E-state index in [-0.39, 0.29) is 11.7 Å². The Morgan fingerprint density at radius 1 is 1.37 bits per heavy atom. The number of thioether (sulfide) groups is 1. The summed E-state index contributed by atoms with van der Waals surface area (Å²) in [5.41, 5.74) is 1.70. The summed E-state index contributed by atoms with van der Waals surface area (Å²) in [4.78, 5) is 14.5. The van der Waals surface area contributed by atoms with E-state index < -0.39 is 5.82 Å². The Morgan fingerprint density at radius 3 is 2.81 bits per heavy atom. The van der Waals surface area contributed by atoms with Crippen molar-refractivity contribution in [3.8, 4) is 11.5 Å². The van der Waals surface area contributed by atoms with Gasteiger partial charge in [0.15, 0.2) is 15.8 Å². The fourth-order valence-electron chi connectivity index (χ4n) is 2.70. The lowest BCUT2D eigenvalue weighted by Crippen LogP contribution is -2.27. The monoisotopic (exact) mass is 401 g/mol. The number of nitrogens with zero attached hydrogens (tertiary/aromatic N) is 1. The molecule has 1 heterocycles. The molecule has 0 aromatic heterocycles. The van der Waals surface area contributed by atoms with Crippen LogP contribution in [0.25, 0.3) is 6.08 Å². The smallest absolute Gasteiger partial charge is 0.270 e. The van der Waals surface area contributed by atoms with Gasteiger partial charge in [0, 0.05) is 5.56 Å². The van der Waals surface area contributed by atoms with Crippen LogP contribution in [0.1, 0.15) is 11.1 Å². The second-order valence-electron chi connectivity index (χ2n) is 5.72. The van der Waals surface area contributed by atoms with E-state index in [1.165, 1.54) is 30.2 Å². The second-order valence-corrected chi connectivity index (χ2v) is 7.40. The molecule has 0 atom stereocenters. The maximum absolute atomic E-state index is 13.5. The standard InChI is InChI=1S/C20H16FNO3S2/c1-3-5-13-8-12(9-16(25-2)18(13)23)10-17-19(24)22(20(26)27-17)15-7-4-6-14(21)11-15/h3-4,6-11,23H,1,5H2,2H3. The zero-order chi connectivity index (χ0) is 19.6. The summed E-state index contributed by atoms with van der Waals surface area (Å²) < 4.78 is 19.0. The SMILES string of the molecule is C=CCc1cc(C=C2SC(=S)N(c3cccc(F)c3)C2=O)cc(OC)c1O. The van der Waals surface area contributed by atoms with Gasteiger partial charge in [0.05, 0.1) is 17.7 Å². The summed E-state index contributed by atoms with van der Waals surface area (Å²) in [6.45, 7) is 3.68. The molecule has 1 saturated heterocycles. The number of phenolic OH excluding ortho intramolecular Hbond substituents is 1. The van der Waals surface area contributed by atoms with E-state index in [2.05, 4.69) is 6.58 Å². The number of anilines is 1. The van der Waals surface area contributed by atoms with E-state index in [0.29, 0.717) is 38.2 Å². The van der Waals surface area contributed by atoms with Crippen LogP contribution in [0, 0.1) is 5.82 Å². The first kappa shape index (κ1) is 19.1. The normalized spacial score (nSPS) is 15.5. The molecule has 1 N–H and O–H groups in total. The maximum Gasteiger partial charge on any atom is 0.270 e. The van der Waals surface area contributed by atoms with Crippen LogP contribution in [0.15, 0.2) is 54.0 Å². The Morgan fingerprint density at radius 2 is 2.15 bits per heavy atom. The number of carbonyl (C=O) groups excluding carboxylic acids is 1. The molecule has 0 bridgehead atoms. The molecule has 1 aliphatic rings. The highest BCUT2D eigenvalue weighted by Crippen LogP contribution is 2.38. The van der Waals surface area contributed by atoms with Crippen molar-refractivity contribution < 1.29 is 19.0 Å². The van der Waals surface area contributed by atoms with Crippen molar-refractivity contribution >= 4 is 46.0 Å². The molecule has 1 amide bonds. The summed E-state index contributed by atoms with van der Waals surface area (Å²) in [6, 6.07) is 9.12. The van der Waals surface area contributed by atoms with E-state index in [1.54, 1.807) is 30.4 Å². The summed E-state index contributed by atoms with van der Waals surface area (Å²) in [5.74, 6) is -0.418. The first-order valence-corrected chi connectivity index (χ1v) is 9.21. The molecule has 3 rings (SSSR count). The molecule has 0 radical (unpaired) electrons. The van der Waals surface area contributed by atoms with Crippen LogP contribution < -0.4 is 9.64 Å². The lowest BCUT2D eigenvalue weighted by Gasteiger charge is -2.14. The van der Waals surface area contributed by atoms with Crippen molar-refractivity contribution in [2.45, 2.75) is 6.42 Å². The highest BCUT2D eigenvalue weighted by molar-refractivity contribution is 8.27. The molecule has 1 fully saturated rings. The number of hydrogen-bond donors (Lipinski definition) is 1. The number of phenols is 1. The van der Waals surface area contributed by atoms with E-state index >= 15 is 0 Å². The first-order chi connectivity index (χ1) is 12.9. The highest BCUT2D eigenvalue weighted by Gasteiger charge is 2.33. The zero-order valence-electron chi connectivity index (χ0n) is 14.4. The number of hydrogen-bond acceptors (Lipinski definition) is 5. The fourth-order valence-corrected chi connectivity index (χ4v) is 4.00. The van der Waals surface area contributed by atoms with Crippen molar-refractivity contribution in [1.82, 2.24) is 0 Å². The molecule has 4 nitrogen and oxygen atoms in total. The van der Waals surface area contributed by atoms with Gasteiger partial charge in [-0.05, 0) is 48.4 Å². The minimum Gasteiger partial charge on any atom is -0.504 e. The van der Waals surface area contributed by atoms with Gasteiger partial charge in [0.1, 0.15) is 5.82 Å². The molecule has 0 aliphatic carbocycles. The number of benzene rings is 2. The average molecular weight is 401 g/mol. The van der Waals surface area contributed by atoms with Gasteiger partial charge in [-0.1, -0.05) is 36.1 Å². The first-order valence-electron chi connectivity index (χ1n) is 7.99. The van der Waals surface area contributed by atoms with Gasteiger partial charge in [0.2, 0.25) is 0 Å². The Balaban J connectivity index is 1.98. The number of halogens is 1. The van der Waals surface area contributed by atoms with Crippen molar-refractivity contribution in [3.63, 3.8) is 0 Å². The van der Waals surface area contributed by atoms with Crippen LogP contribution in [0.2, 0.25) is 0 Å². The van der Waals surface area contributed by atoms with Crippen LogP contribution in [-0.2, 0) is 11.2 Å². The van der Waals surface area contributed by atoms with Gasteiger partial charge in [0.25, 0.3) is 5.91 Å². The molecule has 2 aromatic rings. The summed E-state index contributed by atoms with van der Waals surface area (Å²) in [6.07, 6.45) is 3.79. The molecule has 0 saturated carbocycles. The summed E-state index contributed by atoms with van der Waals surface area (Å²) in [5, 5.41) is 10.2. The van der Waals surface area contributed by atoms with Crippen molar-refractivity contribution in [2.75, 3.05) is 12.0 Å². The van der Waals surface area contributed by atoms with Crippen molar-refractivity contribution in [2.24, 2.45) is 0 Å². The quantitative estimate of drug-likeness (QED) is 0.448. The number of carbonyl (C=O) groups is 1. The number of allylic oxidation sites excluding steroid dienone is 1. The largest absolute Gasteiger partial charge is 0.504 e. The summed E-state index contributed by atoms with van der Waals surface area (Å²) >= 11 is 6.44. The van der Waals surface area contributed by atoms with Crippen LogP contribution in [0.4, 0.5) is 10.1 Å². The molecule has 7 heteroatoms. The maximum atomic E-state index is 13.5. The predicted octanol–water partition coefficient (Wildman–Crippen LogP) is 4.67. The third-order valence-electron chi connectivity index (χ3n) is 3.92. The van der Waals surface area contributed by atoms with Gasteiger partial charge in [-0.25, -0.2) is 4.39 Å². The van der Waals surface area contributed by atoms with E-state index in [9.17, 15) is 14.3 Å². The Bertz CT molecular complexity index is 972. The fraction of sp³-hybridized carbons (Fsp3) is 0.100. The molecule has 27 heavy (non-hydrogen) atoms. The number of aromatic hydroxyl groups is 1. The Labute approximate surface area is 165 Å². The molecular weight excluding hydrogens is 385 g/mol. The molecule has 0 spiro atoms. The minimum atomic E-state index is -0.442. The van der Waals surface area contributed by atoms with E-state index in [4.69, 9.17) is 17.0 Å². The number of amides is 1. The molecular formula is C20H16FNO3S2. The average Bonchev–Trinajstić information content (AvgIpc) is 2.91. The van der Waals surface area contributed by atoms with Gasteiger partial charge >= 0.3 is 0 Å². The van der Waals surface area contributed by atoms with E-state index in [1.807, 2.05) is 0 Å². The van der Waals surface area contributed by atoms with Gasteiger partial charge < -0.3 is 9.84 Å². The molecule has 138 valence electrons. The third kappa shape index (κ3) is 3.89.